The van der Waals surface area contributed by atoms with E-state index in [9.17, 15) is 5.11 Å². The van der Waals surface area contributed by atoms with Gasteiger partial charge in [0.15, 0.2) is 11.5 Å². The largest absolute Gasteiger partial charge is 0.389 e. The van der Waals surface area contributed by atoms with Crippen LogP contribution in [0.25, 0.3) is 11.2 Å². The zero-order chi connectivity index (χ0) is 16.7. The van der Waals surface area contributed by atoms with Gasteiger partial charge in [0.25, 0.3) is 0 Å². The van der Waals surface area contributed by atoms with E-state index in [1.807, 2.05) is 0 Å². The van der Waals surface area contributed by atoms with Crippen molar-refractivity contribution in [3.63, 3.8) is 0 Å². The predicted octanol–water partition coefficient (Wildman–Crippen LogP) is 2.00. The van der Waals surface area contributed by atoms with Crippen LogP contribution in [-0.2, 0) is 11.3 Å². The SMILES string of the molecule is CCCC[C@@H](CC)COC[C@@H](O)Cn1cnc2c(N)ncnc21. The molecular weight excluding hydrogens is 294 g/mol. The summed E-state index contributed by atoms with van der Waals surface area (Å²) in [5.74, 6) is 0.921. The Balaban J connectivity index is 1.82. The number of imidazole rings is 1. The van der Waals surface area contributed by atoms with E-state index in [0.29, 0.717) is 42.7 Å². The van der Waals surface area contributed by atoms with Gasteiger partial charge in [-0.05, 0) is 12.3 Å². The molecular formula is C16H27N5O2. The average molecular weight is 321 g/mol. The number of aliphatic hydroxyl groups is 1. The zero-order valence-electron chi connectivity index (χ0n) is 14.0. The smallest absolute Gasteiger partial charge is 0.165 e. The number of unbranched alkanes of at least 4 members (excludes halogenated alkanes) is 1. The van der Waals surface area contributed by atoms with Crippen molar-refractivity contribution in [3.05, 3.63) is 12.7 Å². The van der Waals surface area contributed by atoms with Gasteiger partial charge in [0.1, 0.15) is 11.8 Å². The molecule has 2 aromatic heterocycles. The highest BCUT2D eigenvalue weighted by molar-refractivity contribution is 5.81. The first-order valence-corrected chi connectivity index (χ1v) is 8.32. The number of aliphatic hydroxyl groups excluding tert-OH is 1. The molecule has 0 aliphatic carbocycles. The number of rotatable bonds is 10. The van der Waals surface area contributed by atoms with E-state index in [0.717, 1.165) is 6.42 Å². The van der Waals surface area contributed by atoms with Gasteiger partial charge in [0.2, 0.25) is 0 Å². The Bertz CT molecular complexity index is 601. The maximum absolute atomic E-state index is 10.2. The van der Waals surface area contributed by atoms with Gasteiger partial charge >= 0.3 is 0 Å². The molecule has 0 aliphatic heterocycles. The van der Waals surface area contributed by atoms with E-state index >= 15 is 0 Å². The van der Waals surface area contributed by atoms with Crippen LogP contribution in [-0.4, -0.2) is 43.9 Å². The van der Waals surface area contributed by atoms with Crippen LogP contribution in [0.4, 0.5) is 5.82 Å². The Hall–Kier alpha value is -1.73. The second-order valence-electron chi connectivity index (χ2n) is 5.94. The Morgan fingerprint density at radius 1 is 1.26 bits per heavy atom. The molecule has 0 saturated heterocycles. The third-order valence-corrected chi connectivity index (χ3v) is 4.04. The molecule has 2 atom stereocenters. The molecule has 2 aromatic rings. The van der Waals surface area contributed by atoms with Gasteiger partial charge in [-0.3, -0.25) is 0 Å². The number of nitrogens with two attached hydrogens (primary N) is 1. The number of hydrogen-bond donors (Lipinski definition) is 2. The first-order chi connectivity index (χ1) is 11.2. The number of fused-ring (bicyclic) bond motifs is 1. The van der Waals surface area contributed by atoms with E-state index < -0.39 is 6.10 Å². The maximum Gasteiger partial charge on any atom is 0.165 e. The molecule has 2 heterocycles. The van der Waals surface area contributed by atoms with Gasteiger partial charge in [-0.1, -0.05) is 33.1 Å². The Kier molecular flexibility index (Phi) is 6.73. The normalized spacial score (nSPS) is 14.2. The highest BCUT2D eigenvalue weighted by Gasteiger charge is 2.13. The molecule has 3 N–H and O–H groups in total. The van der Waals surface area contributed by atoms with Crippen molar-refractivity contribution in [1.82, 2.24) is 19.5 Å². The number of nitrogen functional groups attached to an aromatic ring is 1. The van der Waals surface area contributed by atoms with Crippen LogP contribution >= 0.6 is 0 Å². The lowest BCUT2D eigenvalue weighted by Gasteiger charge is -2.17. The fourth-order valence-corrected chi connectivity index (χ4v) is 2.58. The lowest BCUT2D eigenvalue weighted by atomic mass is 10.0. The van der Waals surface area contributed by atoms with Gasteiger partial charge < -0.3 is 20.1 Å². The lowest BCUT2D eigenvalue weighted by molar-refractivity contribution is 0.0122. The molecule has 2 rings (SSSR count). The molecule has 7 nitrogen and oxygen atoms in total. The third kappa shape index (κ3) is 4.87. The summed E-state index contributed by atoms with van der Waals surface area (Å²) in [7, 11) is 0. The van der Waals surface area contributed by atoms with Crippen LogP contribution in [0, 0.1) is 5.92 Å². The van der Waals surface area contributed by atoms with Crippen LogP contribution < -0.4 is 5.73 Å². The Labute approximate surface area is 136 Å². The molecule has 23 heavy (non-hydrogen) atoms. The average Bonchev–Trinajstić information content (AvgIpc) is 2.95. The molecule has 0 unspecified atom stereocenters. The van der Waals surface area contributed by atoms with Crippen molar-refractivity contribution >= 4 is 17.0 Å². The van der Waals surface area contributed by atoms with Gasteiger partial charge in [-0.25, -0.2) is 15.0 Å². The van der Waals surface area contributed by atoms with Crippen molar-refractivity contribution in [2.75, 3.05) is 18.9 Å². The number of ether oxygens (including phenoxy) is 1. The van der Waals surface area contributed by atoms with Gasteiger partial charge in [-0.2, -0.15) is 0 Å². The number of anilines is 1. The van der Waals surface area contributed by atoms with Gasteiger partial charge in [0.05, 0.1) is 25.6 Å². The molecule has 0 aliphatic rings. The van der Waals surface area contributed by atoms with Crippen molar-refractivity contribution in [1.29, 1.82) is 0 Å². The summed E-state index contributed by atoms with van der Waals surface area (Å²) >= 11 is 0. The summed E-state index contributed by atoms with van der Waals surface area (Å²) in [6.07, 6.45) is 7.15. The first-order valence-electron chi connectivity index (χ1n) is 8.32. The third-order valence-electron chi connectivity index (χ3n) is 4.04. The number of aromatic nitrogens is 4. The van der Waals surface area contributed by atoms with E-state index in [-0.39, 0.29) is 0 Å². The lowest BCUT2D eigenvalue weighted by Crippen LogP contribution is -2.23. The summed E-state index contributed by atoms with van der Waals surface area (Å²) in [6, 6.07) is 0. The van der Waals surface area contributed by atoms with Gasteiger partial charge in [0, 0.05) is 6.61 Å². The van der Waals surface area contributed by atoms with E-state index in [1.165, 1.54) is 25.6 Å². The summed E-state index contributed by atoms with van der Waals surface area (Å²) in [6.45, 7) is 5.76. The first kappa shape index (κ1) is 17.6. The molecule has 7 heteroatoms. The quantitative estimate of drug-likeness (QED) is 0.694. The highest BCUT2D eigenvalue weighted by atomic mass is 16.5. The van der Waals surface area contributed by atoms with Crippen LogP contribution in [0.1, 0.15) is 39.5 Å². The van der Waals surface area contributed by atoms with Crippen LogP contribution in [0.2, 0.25) is 0 Å². The molecule has 0 saturated carbocycles. The molecule has 128 valence electrons. The van der Waals surface area contributed by atoms with Crippen molar-refractivity contribution in [3.8, 4) is 0 Å². The fraction of sp³-hybridized carbons (Fsp3) is 0.688. The van der Waals surface area contributed by atoms with Crippen LogP contribution in [0.5, 0.6) is 0 Å². The predicted molar refractivity (Wildman–Crippen MR) is 89.9 cm³/mol. The number of hydrogen-bond acceptors (Lipinski definition) is 6. The van der Waals surface area contributed by atoms with E-state index in [4.69, 9.17) is 10.5 Å². The monoisotopic (exact) mass is 321 g/mol. The highest BCUT2D eigenvalue weighted by Crippen LogP contribution is 2.15. The zero-order valence-corrected chi connectivity index (χ0v) is 14.0. The molecule has 0 bridgehead atoms. The molecule has 0 spiro atoms. The molecule has 0 aromatic carbocycles. The standard InChI is InChI=1S/C16H27N5O2/c1-3-5-6-12(4-2)8-23-9-13(22)7-21-11-20-14-15(17)18-10-19-16(14)21/h10-13,22H,3-9H2,1-2H3,(H2,17,18,19)/t12-,13+/m1/s1. The van der Waals surface area contributed by atoms with Crippen molar-refractivity contribution in [2.45, 2.75) is 52.2 Å². The summed E-state index contributed by atoms with van der Waals surface area (Å²) in [5, 5.41) is 10.2. The van der Waals surface area contributed by atoms with E-state index in [1.54, 1.807) is 10.9 Å². The maximum atomic E-state index is 10.2. The Morgan fingerprint density at radius 3 is 2.83 bits per heavy atom. The minimum absolute atomic E-state index is 0.308. The topological polar surface area (TPSA) is 99.1 Å². The summed E-state index contributed by atoms with van der Waals surface area (Å²) in [5.41, 5.74) is 6.95. The number of nitrogens with zero attached hydrogens (tertiary/aromatic N) is 4. The Morgan fingerprint density at radius 2 is 2.09 bits per heavy atom. The molecule has 0 radical (unpaired) electrons. The molecule has 0 fully saturated rings. The van der Waals surface area contributed by atoms with Crippen LogP contribution in [0.3, 0.4) is 0 Å². The summed E-state index contributed by atoms with van der Waals surface area (Å²) in [4.78, 5) is 12.3. The minimum Gasteiger partial charge on any atom is -0.389 e. The minimum atomic E-state index is -0.604. The van der Waals surface area contributed by atoms with Crippen molar-refractivity contribution in [2.24, 2.45) is 5.92 Å². The fourth-order valence-electron chi connectivity index (χ4n) is 2.58. The summed E-state index contributed by atoms with van der Waals surface area (Å²) < 4.78 is 7.46. The second-order valence-corrected chi connectivity index (χ2v) is 5.94. The van der Waals surface area contributed by atoms with Crippen molar-refractivity contribution < 1.29 is 9.84 Å². The molecule has 0 amide bonds. The van der Waals surface area contributed by atoms with Crippen LogP contribution in [0.15, 0.2) is 12.7 Å². The van der Waals surface area contributed by atoms with E-state index in [2.05, 4.69) is 28.8 Å². The second kappa shape index (κ2) is 8.79. The van der Waals surface area contributed by atoms with Gasteiger partial charge in [-0.15, -0.1) is 0 Å².